The average Bonchev–Trinajstić information content (AvgIpc) is 3.19. The average molecular weight is 553 g/mol. The van der Waals surface area contributed by atoms with Gasteiger partial charge in [-0.2, -0.15) is 0 Å². The fraction of sp³-hybridized carbons (Fsp3) is 0.100. The fourth-order valence-electron chi connectivity index (χ4n) is 4.58. The molecule has 0 unspecified atom stereocenters. The molecule has 1 N–H and O–H groups in total. The van der Waals surface area contributed by atoms with Gasteiger partial charge in [0.05, 0.1) is 10.6 Å². The molecule has 200 valence electrons. The van der Waals surface area contributed by atoms with Gasteiger partial charge in [-0.15, -0.1) is 0 Å². The highest BCUT2D eigenvalue weighted by atomic mass is 32.2. The second kappa shape index (κ2) is 10.7. The fourth-order valence-corrected chi connectivity index (χ4v) is 5.40. The van der Waals surface area contributed by atoms with Gasteiger partial charge in [-0.3, -0.25) is 25.0 Å². The highest BCUT2D eigenvalue weighted by Crippen LogP contribution is 2.31. The Balaban J connectivity index is 1.41. The van der Waals surface area contributed by atoms with Gasteiger partial charge in [0.2, 0.25) is 0 Å². The van der Waals surface area contributed by atoms with Crippen LogP contribution >= 0.6 is 11.8 Å². The summed E-state index contributed by atoms with van der Waals surface area (Å²) < 4.78 is 2.02. The minimum atomic E-state index is -0.782. The van der Waals surface area contributed by atoms with Crippen LogP contribution in [0, 0.1) is 30.9 Å². The van der Waals surface area contributed by atoms with Gasteiger partial charge in [-0.25, -0.2) is 9.69 Å². The number of nitro benzene ring substituents is 1. The van der Waals surface area contributed by atoms with Crippen molar-refractivity contribution in [3.8, 4) is 5.69 Å². The summed E-state index contributed by atoms with van der Waals surface area (Å²) in [5.41, 5.74) is 4.47. The SMILES string of the molecule is Cc1cccc(N2C(=O)NC(=O)/C(=C\c3cc(C)n(-c4ccc(Sc5ccc([N+](=O)[O-])cc5)cc4)c3C)C2=O)c1. The summed E-state index contributed by atoms with van der Waals surface area (Å²) in [4.78, 5) is 51.8. The summed E-state index contributed by atoms with van der Waals surface area (Å²) in [6.45, 7) is 5.68. The molecule has 0 bridgehead atoms. The first-order chi connectivity index (χ1) is 19.1. The molecule has 4 amide bonds. The number of non-ortho nitro benzene ring substituents is 1. The van der Waals surface area contributed by atoms with Gasteiger partial charge in [0.25, 0.3) is 17.5 Å². The van der Waals surface area contributed by atoms with Crippen molar-refractivity contribution in [1.29, 1.82) is 0 Å². The van der Waals surface area contributed by atoms with E-state index in [-0.39, 0.29) is 11.3 Å². The lowest BCUT2D eigenvalue weighted by molar-refractivity contribution is -0.384. The van der Waals surface area contributed by atoms with Gasteiger partial charge >= 0.3 is 6.03 Å². The Morgan fingerprint density at radius 2 is 1.50 bits per heavy atom. The number of carbonyl (C=O) groups is 3. The van der Waals surface area contributed by atoms with Crippen LogP contribution in [0.4, 0.5) is 16.2 Å². The number of urea groups is 1. The Bertz CT molecular complexity index is 1710. The highest BCUT2D eigenvalue weighted by molar-refractivity contribution is 7.99. The Morgan fingerprint density at radius 1 is 0.850 bits per heavy atom. The molecule has 0 spiro atoms. The molecule has 1 fully saturated rings. The summed E-state index contributed by atoms with van der Waals surface area (Å²) in [6, 6.07) is 22.3. The number of hydrogen-bond acceptors (Lipinski definition) is 6. The van der Waals surface area contributed by atoms with E-state index in [1.807, 2.05) is 61.7 Å². The van der Waals surface area contributed by atoms with Crippen molar-refractivity contribution in [2.75, 3.05) is 4.90 Å². The van der Waals surface area contributed by atoms with Crippen LogP contribution in [-0.2, 0) is 9.59 Å². The van der Waals surface area contributed by atoms with Gasteiger partial charge < -0.3 is 4.57 Å². The van der Waals surface area contributed by atoms with Crippen LogP contribution in [0.5, 0.6) is 0 Å². The molecule has 40 heavy (non-hydrogen) atoms. The van der Waals surface area contributed by atoms with Crippen LogP contribution in [0.1, 0.15) is 22.5 Å². The highest BCUT2D eigenvalue weighted by Gasteiger charge is 2.37. The summed E-state index contributed by atoms with van der Waals surface area (Å²) in [5, 5.41) is 13.2. The Morgan fingerprint density at radius 3 is 2.12 bits per heavy atom. The third kappa shape index (κ3) is 5.16. The number of hydrogen-bond donors (Lipinski definition) is 1. The number of amides is 4. The molecule has 0 radical (unpaired) electrons. The first kappa shape index (κ1) is 26.6. The van der Waals surface area contributed by atoms with Crippen LogP contribution in [0.3, 0.4) is 0 Å². The number of rotatable bonds is 6. The molecule has 1 saturated heterocycles. The van der Waals surface area contributed by atoms with Crippen molar-refractivity contribution in [2.24, 2.45) is 0 Å². The van der Waals surface area contributed by atoms with Crippen molar-refractivity contribution in [2.45, 2.75) is 30.6 Å². The number of anilines is 1. The van der Waals surface area contributed by atoms with Crippen molar-refractivity contribution in [1.82, 2.24) is 9.88 Å². The zero-order valence-electron chi connectivity index (χ0n) is 21.9. The molecular weight excluding hydrogens is 528 g/mol. The summed E-state index contributed by atoms with van der Waals surface area (Å²) in [6.07, 6.45) is 1.52. The van der Waals surface area contributed by atoms with Gasteiger partial charge in [0.15, 0.2) is 0 Å². The normalized spacial score (nSPS) is 14.5. The number of barbiturate groups is 1. The summed E-state index contributed by atoms with van der Waals surface area (Å²) in [7, 11) is 0. The quantitative estimate of drug-likeness (QED) is 0.133. The van der Waals surface area contributed by atoms with Crippen molar-refractivity contribution < 1.29 is 19.3 Å². The van der Waals surface area contributed by atoms with E-state index in [9.17, 15) is 24.5 Å². The molecule has 5 rings (SSSR count). The van der Waals surface area contributed by atoms with Crippen LogP contribution in [-0.4, -0.2) is 27.3 Å². The number of aromatic nitrogens is 1. The maximum Gasteiger partial charge on any atom is 0.335 e. The van der Waals surface area contributed by atoms with E-state index in [1.54, 1.807) is 30.3 Å². The van der Waals surface area contributed by atoms with E-state index in [0.29, 0.717) is 11.3 Å². The predicted octanol–water partition coefficient (Wildman–Crippen LogP) is 6.13. The molecule has 10 heteroatoms. The lowest BCUT2D eigenvalue weighted by atomic mass is 10.1. The second-order valence-electron chi connectivity index (χ2n) is 9.31. The van der Waals surface area contributed by atoms with Gasteiger partial charge in [-0.05, 0) is 92.6 Å². The minimum Gasteiger partial charge on any atom is -0.318 e. The van der Waals surface area contributed by atoms with Crippen LogP contribution < -0.4 is 10.2 Å². The van der Waals surface area contributed by atoms with E-state index < -0.39 is 22.8 Å². The van der Waals surface area contributed by atoms with Crippen molar-refractivity contribution in [3.63, 3.8) is 0 Å². The van der Waals surface area contributed by atoms with Crippen molar-refractivity contribution >= 4 is 47.1 Å². The van der Waals surface area contributed by atoms with Crippen LogP contribution in [0.15, 0.2) is 94.2 Å². The molecule has 0 atom stereocenters. The molecule has 0 saturated carbocycles. The molecule has 1 aliphatic rings. The predicted molar refractivity (Wildman–Crippen MR) is 153 cm³/mol. The monoisotopic (exact) mass is 552 g/mol. The second-order valence-corrected chi connectivity index (χ2v) is 10.5. The minimum absolute atomic E-state index is 0.0471. The lowest BCUT2D eigenvalue weighted by Crippen LogP contribution is -2.54. The summed E-state index contributed by atoms with van der Waals surface area (Å²) in [5.74, 6) is -1.42. The van der Waals surface area contributed by atoms with Gasteiger partial charge in [-0.1, -0.05) is 23.9 Å². The Kier molecular flexibility index (Phi) is 7.10. The van der Waals surface area contributed by atoms with Crippen LogP contribution in [0.25, 0.3) is 11.8 Å². The number of aryl methyl sites for hydroxylation is 2. The molecule has 2 heterocycles. The molecule has 9 nitrogen and oxygen atoms in total. The Hall–Kier alpha value is -4.96. The standard InChI is InChI=1S/C30H24N4O5S/c1-18-5-4-6-24(15-18)33-29(36)27(28(35)31-30(33)37)17-21-16-19(2)32(20(21)3)22-7-11-25(12-8-22)40-26-13-9-23(10-14-26)34(38)39/h4-17H,1-3H3,(H,31,35,37)/b27-17+. The third-order valence-corrected chi connectivity index (χ3v) is 7.53. The van der Waals surface area contributed by atoms with E-state index in [0.717, 1.165) is 37.3 Å². The summed E-state index contributed by atoms with van der Waals surface area (Å²) >= 11 is 1.49. The number of carbonyl (C=O) groups excluding carboxylic acids is 3. The molecular formula is C30H24N4O5S. The molecule has 1 aromatic heterocycles. The van der Waals surface area contributed by atoms with Gasteiger partial charge in [0.1, 0.15) is 5.57 Å². The lowest BCUT2D eigenvalue weighted by Gasteiger charge is -2.26. The number of benzene rings is 3. The number of imide groups is 2. The zero-order chi connectivity index (χ0) is 28.6. The number of nitrogens with zero attached hydrogens (tertiary/aromatic N) is 3. The first-order valence-corrected chi connectivity index (χ1v) is 13.1. The largest absolute Gasteiger partial charge is 0.335 e. The van der Waals surface area contributed by atoms with Gasteiger partial charge in [0, 0.05) is 39.0 Å². The first-order valence-electron chi connectivity index (χ1n) is 12.3. The number of nitrogens with one attached hydrogen (secondary N) is 1. The maximum absolute atomic E-state index is 13.3. The van der Waals surface area contributed by atoms with Crippen molar-refractivity contribution in [3.05, 3.63) is 117 Å². The maximum atomic E-state index is 13.3. The van der Waals surface area contributed by atoms with E-state index in [1.165, 1.54) is 30.0 Å². The van der Waals surface area contributed by atoms with E-state index in [4.69, 9.17) is 0 Å². The smallest absolute Gasteiger partial charge is 0.318 e. The molecule has 1 aliphatic heterocycles. The molecule has 4 aromatic rings. The Labute approximate surface area is 234 Å². The van der Waals surface area contributed by atoms with E-state index >= 15 is 0 Å². The zero-order valence-corrected chi connectivity index (χ0v) is 22.7. The molecule has 0 aliphatic carbocycles. The van der Waals surface area contributed by atoms with E-state index in [2.05, 4.69) is 5.32 Å². The number of nitro groups is 1. The third-order valence-electron chi connectivity index (χ3n) is 6.51. The topological polar surface area (TPSA) is 115 Å². The molecule has 3 aromatic carbocycles. The van der Waals surface area contributed by atoms with Crippen LogP contribution in [0.2, 0.25) is 0 Å².